The molecule has 222 valence electrons. The molecule has 1 aliphatic rings. The Kier molecular flexibility index (Phi) is 14.3. The van der Waals surface area contributed by atoms with Crippen molar-refractivity contribution in [1.29, 1.82) is 0 Å². The maximum atomic E-state index is 12.3. The molecule has 1 amide bonds. The van der Waals surface area contributed by atoms with Crippen LogP contribution in [0.15, 0.2) is 48.5 Å². The normalized spacial score (nSPS) is 16.2. The Morgan fingerprint density at radius 2 is 1.57 bits per heavy atom. The molecule has 0 radical (unpaired) electrons. The van der Waals surface area contributed by atoms with Crippen LogP contribution in [0, 0.1) is 11.8 Å². The van der Waals surface area contributed by atoms with Crippen molar-refractivity contribution in [2.45, 2.75) is 89.8 Å². The largest absolute Gasteiger partial charge is 0.493 e. The summed E-state index contributed by atoms with van der Waals surface area (Å²) in [5.74, 6) is 2.58. The Hall–Kier alpha value is -2.61. The Labute approximate surface area is 240 Å². The minimum absolute atomic E-state index is 0.0218. The van der Waals surface area contributed by atoms with Gasteiger partial charge >= 0.3 is 0 Å². The predicted molar refractivity (Wildman–Crippen MR) is 159 cm³/mol. The first-order valence-corrected chi connectivity index (χ1v) is 15.2. The second-order valence-corrected chi connectivity index (χ2v) is 11.4. The highest BCUT2D eigenvalue weighted by Crippen LogP contribution is 2.26. The van der Waals surface area contributed by atoms with E-state index in [1.165, 1.54) is 32.1 Å². The lowest BCUT2D eigenvalue weighted by Gasteiger charge is -2.22. The van der Waals surface area contributed by atoms with Gasteiger partial charge in [-0.05, 0) is 92.3 Å². The summed E-state index contributed by atoms with van der Waals surface area (Å²) < 4.78 is 11.9. The zero-order valence-electron chi connectivity index (χ0n) is 24.2. The molecule has 7 heteroatoms. The highest BCUT2D eigenvalue weighted by Gasteiger charge is 2.15. The molecule has 3 rings (SSSR count). The first-order valence-electron chi connectivity index (χ1n) is 15.2. The smallest absolute Gasteiger partial charge is 0.219 e. The highest BCUT2D eigenvalue weighted by atomic mass is 16.5. The van der Waals surface area contributed by atoms with Gasteiger partial charge in [-0.3, -0.25) is 4.79 Å². The maximum absolute atomic E-state index is 12.3. The fourth-order valence-electron chi connectivity index (χ4n) is 5.22. The van der Waals surface area contributed by atoms with Gasteiger partial charge in [0.2, 0.25) is 5.91 Å². The van der Waals surface area contributed by atoms with Gasteiger partial charge in [-0.2, -0.15) is 0 Å². The van der Waals surface area contributed by atoms with Crippen LogP contribution >= 0.6 is 0 Å². The van der Waals surface area contributed by atoms with Gasteiger partial charge < -0.3 is 30.7 Å². The van der Waals surface area contributed by atoms with E-state index in [1.807, 2.05) is 48.5 Å². The number of carbonyl (C=O) groups is 1. The number of nitrogens with one attached hydrogen (secondary N) is 1. The molecule has 0 aliphatic heterocycles. The zero-order chi connectivity index (χ0) is 28.6. The number of benzene rings is 2. The van der Waals surface area contributed by atoms with Crippen molar-refractivity contribution < 1.29 is 24.5 Å². The van der Waals surface area contributed by atoms with Crippen LogP contribution < -0.4 is 20.5 Å². The molecule has 1 aliphatic carbocycles. The standard InChI is InChI=1S/C33H50N2O5/c1-25(23-39-29-14-7-12-27(21-29)31(36)17-19-34)9-5-6-16-33(38)35-20-18-32(37)28-13-8-15-30(22-28)40-24-26-10-3-2-4-11-26/h7-8,12-15,21-22,25-26,31-32,36-37H,2-6,9-11,16-20,23-24,34H2,1H3,(H,35,38). The number of hydrogen-bond acceptors (Lipinski definition) is 6. The minimum Gasteiger partial charge on any atom is -0.493 e. The van der Waals surface area contributed by atoms with Crippen LogP contribution in [-0.4, -0.2) is 42.4 Å². The molecule has 0 saturated heterocycles. The molecule has 0 aromatic heterocycles. The molecule has 40 heavy (non-hydrogen) atoms. The van der Waals surface area contributed by atoms with Crippen LogP contribution in [0.2, 0.25) is 0 Å². The van der Waals surface area contributed by atoms with Gasteiger partial charge in [-0.15, -0.1) is 0 Å². The Balaban J connectivity index is 1.25. The van der Waals surface area contributed by atoms with Crippen molar-refractivity contribution in [1.82, 2.24) is 5.32 Å². The Morgan fingerprint density at radius 3 is 2.25 bits per heavy atom. The quantitative estimate of drug-likeness (QED) is 0.172. The Bertz CT molecular complexity index is 994. The van der Waals surface area contributed by atoms with Crippen molar-refractivity contribution in [2.75, 3.05) is 26.3 Å². The molecule has 7 nitrogen and oxygen atoms in total. The number of rotatable bonds is 18. The summed E-state index contributed by atoms with van der Waals surface area (Å²) in [5.41, 5.74) is 7.18. The molecule has 0 bridgehead atoms. The minimum atomic E-state index is -0.635. The number of hydrogen-bond donors (Lipinski definition) is 4. The lowest BCUT2D eigenvalue weighted by molar-refractivity contribution is -0.121. The molecule has 0 heterocycles. The van der Waals surface area contributed by atoms with E-state index in [-0.39, 0.29) is 5.91 Å². The summed E-state index contributed by atoms with van der Waals surface area (Å²) in [6.45, 7) is 4.36. The number of unbranched alkanes of at least 4 members (excludes halogenated alkanes) is 1. The van der Waals surface area contributed by atoms with E-state index >= 15 is 0 Å². The number of ether oxygens (including phenoxy) is 2. The van der Waals surface area contributed by atoms with Crippen molar-refractivity contribution in [3.63, 3.8) is 0 Å². The van der Waals surface area contributed by atoms with Crippen molar-refractivity contribution in [3.05, 3.63) is 59.7 Å². The van der Waals surface area contributed by atoms with Crippen molar-refractivity contribution >= 4 is 5.91 Å². The Morgan fingerprint density at radius 1 is 0.925 bits per heavy atom. The zero-order valence-corrected chi connectivity index (χ0v) is 24.2. The monoisotopic (exact) mass is 554 g/mol. The van der Waals surface area contributed by atoms with Crippen LogP contribution in [-0.2, 0) is 4.79 Å². The number of nitrogens with two attached hydrogens (primary N) is 1. The maximum Gasteiger partial charge on any atom is 0.219 e. The molecule has 1 saturated carbocycles. The first-order chi connectivity index (χ1) is 19.4. The second kappa shape index (κ2) is 17.9. The third kappa shape index (κ3) is 11.9. The number of aliphatic hydroxyl groups excluding tert-OH is 2. The molecular weight excluding hydrogens is 504 g/mol. The number of aliphatic hydroxyl groups is 2. The third-order valence-corrected chi connectivity index (χ3v) is 7.76. The van der Waals surface area contributed by atoms with E-state index in [4.69, 9.17) is 15.2 Å². The summed E-state index contributed by atoms with van der Waals surface area (Å²) in [7, 11) is 0. The van der Waals surface area contributed by atoms with Gasteiger partial charge in [0.1, 0.15) is 11.5 Å². The molecule has 2 aromatic carbocycles. The van der Waals surface area contributed by atoms with Gasteiger partial charge in [0.15, 0.2) is 0 Å². The van der Waals surface area contributed by atoms with Crippen LogP contribution in [0.4, 0.5) is 0 Å². The van der Waals surface area contributed by atoms with Gasteiger partial charge in [0.05, 0.1) is 25.4 Å². The molecule has 1 fully saturated rings. The second-order valence-electron chi connectivity index (χ2n) is 11.4. The van der Waals surface area contributed by atoms with E-state index in [1.54, 1.807) is 0 Å². The summed E-state index contributed by atoms with van der Waals surface area (Å²) in [4.78, 5) is 12.3. The van der Waals surface area contributed by atoms with Gasteiger partial charge in [0, 0.05) is 13.0 Å². The summed E-state index contributed by atoms with van der Waals surface area (Å²) >= 11 is 0. The van der Waals surface area contributed by atoms with Crippen LogP contribution in [0.5, 0.6) is 11.5 Å². The summed E-state index contributed by atoms with van der Waals surface area (Å²) in [6, 6.07) is 15.2. The average molecular weight is 555 g/mol. The average Bonchev–Trinajstić information content (AvgIpc) is 2.98. The number of amides is 1. The fraction of sp³-hybridized carbons (Fsp3) is 0.606. The van der Waals surface area contributed by atoms with E-state index in [2.05, 4.69) is 12.2 Å². The summed E-state index contributed by atoms with van der Waals surface area (Å²) in [5, 5.41) is 23.7. The van der Waals surface area contributed by atoms with Crippen molar-refractivity contribution in [2.24, 2.45) is 17.6 Å². The fourth-order valence-corrected chi connectivity index (χ4v) is 5.22. The highest BCUT2D eigenvalue weighted by molar-refractivity contribution is 5.75. The van der Waals surface area contributed by atoms with Gasteiger partial charge in [-0.1, -0.05) is 56.9 Å². The molecule has 2 aromatic rings. The lowest BCUT2D eigenvalue weighted by Crippen LogP contribution is -2.25. The lowest BCUT2D eigenvalue weighted by atomic mass is 9.90. The molecule has 3 atom stereocenters. The summed E-state index contributed by atoms with van der Waals surface area (Å²) in [6.07, 6.45) is 9.43. The molecule has 0 spiro atoms. The van der Waals surface area contributed by atoms with E-state index < -0.39 is 12.2 Å². The van der Waals surface area contributed by atoms with Gasteiger partial charge in [-0.25, -0.2) is 0 Å². The van der Waals surface area contributed by atoms with E-state index in [0.29, 0.717) is 50.8 Å². The molecule has 5 N–H and O–H groups in total. The van der Waals surface area contributed by atoms with Crippen LogP contribution in [0.3, 0.4) is 0 Å². The van der Waals surface area contributed by atoms with E-state index in [0.717, 1.165) is 48.5 Å². The first kappa shape index (κ1) is 31.9. The topological polar surface area (TPSA) is 114 Å². The third-order valence-electron chi connectivity index (χ3n) is 7.76. The van der Waals surface area contributed by atoms with E-state index in [9.17, 15) is 15.0 Å². The van der Waals surface area contributed by atoms with Crippen LogP contribution in [0.25, 0.3) is 0 Å². The predicted octanol–water partition coefficient (Wildman–Crippen LogP) is 5.84. The molecule has 3 unspecified atom stereocenters. The number of carbonyl (C=O) groups excluding carboxylic acids is 1. The van der Waals surface area contributed by atoms with Gasteiger partial charge in [0.25, 0.3) is 0 Å². The SMILES string of the molecule is CC(CCCCC(=O)NCCC(O)c1cccc(OCC2CCCCC2)c1)COc1cccc(C(O)CCN)c1. The van der Waals surface area contributed by atoms with Crippen LogP contribution in [0.1, 0.15) is 101 Å². The molecular formula is C33H50N2O5. The van der Waals surface area contributed by atoms with Crippen molar-refractivity contribution in [3.8, 4) is 11.5 Å².